The summed E-state index contributed by atoms with van der Waals surface area (Å²) in [6.07, 6.45) is 0. The first-order valence-electron chi connectivity index (χ1n) is 5.76. The number of aliphatic carboxylic acids is 1. The molecular weight excluding hydrogens is 307 g/mol. The number of hydrogen-bond acceptors (Lipinski definition) is 5. The molecule has 0 bridgehead atoms. The van der Waals surface area contributed by atoms with Crippen LogP contribution in [0.1, 0.15) is 13.8 Å². The lowest BCUT2D eigenvalue weighted by Crippen LogP contribution is -2.44. The van der Waals surface area contributed by atoms with Gasteiger partial charge in [-0.15, -0.1) is 0 Å². The van der Waals surface area contributed by atoms with Gasteiger partial charge in [0.05, 0.1) is 4.92 Å². The van der Waals surface area contributed by atoms with Gasteiger partial charge in [-0.05, 0) is 12.0 Å². The predicted molar refractivity (Wildman–Crippen MR) is 69.6 cm³/mol. The van der Waals surface area contributed by atoms with E-state index in [2.05, 4.69) is 0 Å². The number of nitro groups is 1. The lowest BCUT2D eigenvalue weighted by molar-refractivity contribution is -0.388. The molecule has 1 aromatic rings. The van der Waals surface area contributed by atoms with Crippen molar-refractivity contribution >= 4 is 21.7 Å². The highest BCUT2D eigenvalue weighted by Gasteiger charge is 2.34. The van der Waals surface area contributed by atoms with Gasteiger partial charge in [0.25, 0.3) is 15.7 Å². The van der Waals surface area contributed by atoms with Gasteiger partial charge in [0, 0.05) is 6.07 Å². The van der Waals surface area contributed by atoms with E-state index < -0.39 is 49.3 Å². The molecule has 10 heteroatoms. The summed E-state index contributed by atoms with van der Waals surface area (Å²) < 4.78 is 39.6. The van der Waals surface area contributed by atoms with Gasteiger partial charge in [-0.1, -0.05) is 19.9 Å². The Balaban J connectivity index is 3.38. The van der Waals surface area contributed by atoms with Crippen LogP contribution in [-0.2, 0) is 14.8 Å². The number of carbonyl (C=O) groups is 1. The van der Waals surface area contributed by atoms with Crippen molar-refractivity contribution in [3.63, 3.8) is 0 Å². The van der Waals surface area contributed by atoms with E-state index in [4.69, 9.17) is 5.11 Å². The average Bonchev–Trinajstić information content (AvgIpc) is 2.34. The number of carboxylic acids is 1. The molecule has 21 heavy (non-hydrogen) atoms. The summed E-state index contributed by atoms with van der Waals surface area (Å²) in [5.74, 6) is -3.43. The van der Waals surface area contributed by atoms with Gasteiger partial charge in [-0.3, -0.25) is 14.9 Å². The van der Waals surface area contributed by atoms with Crippen molar-refractivity contribution in [2.24, 2.45) is 5.92 Å². The minimum atomic E-state index is -4.70. The molecule has 1 rings (SSSR count). The molecule has 0 heterocycles. The second-order valence-electron chi connectivity index (χ2n) is 4.53. The maximum absolute atomic E-state index is 13.7. The Labute approximate surface area is 119 Å². The molecular formula is C11H13FN2O6S. The third kappa shape index (κ3) is 3.73. The highest BCUT2D eigenvalue weighted by atomic mass is 32.2. The van der Waals surface area contributed by atoms with E-state index >= 15 is 0 Å². The van der Waals surface area contributed by atoms with E-state index in [1.165, 1.54) is 13.8 Å². The number of rotatable bonds is 6. The van der Waals surface area contributed by atoms with Crippen molar-refractivity contribution in [3.8, 4) is 0 Å². The minimum Gasteiger partial charge on any atom is -0.480 e. The third-order valence-electron chi connectivity index (χ3n) is 2.63. The molecule has 2 N–H and O–H groups in total. The molecule has 0 unspecified atom stereocenters. The summed E-state index contributed by atoms with van der Waals surface area (Å²) in [6, 6.07) is 1.02. The lowest BCUT2D eigenvalue weighted by atomic mass is 10.1. The van der Waals surface area contributed by atoms with Crippen LogP contribution in [0.25, 0.3) is 0 Å². The van der Waals surface area contributed by atoms with E-state index in [-0.39, 0.29) is 0 Å². The molecule has 0 aliphatic rings. The van der Waals surface area contributed by atoms with Crippen molar-refractivity contribution in [2.45, 2.75) is 24.8 Å². The third-order valence-corrected chi connectivity index (χ3v) is 4.13. The van der Waals surface area contributed by atoms with Crippen molar-refractivity contribution in [1.82, 2.24) is 4.72 Å². The van der Waals surface area contributed by atoms with Crippen LogP contribution in [-0.4, -0.2) is 30.5 Å². The molecule has 0 aliphatic carbocycles. The van der Waals surface area contributed by atoms with Crippen LogP contribution in [0.5, 0.6) is 0 Å². The van der Waals surface area contributed by atoms with Gasteiger partial charge in [-0.2, -0.15) is 4.72 Å². The van der Waals surface area contributed by atoms with Gasteiger partial charge in [-0.25, -0.2) is 12.8 Å². The molecule has 1 atom stereocenters. The number of carboxylic acid groups (broad SMARTS) is 1. The zero-order valence-corrected chi connectivity index (χ0v) is 11.9. The van der Waals surface area contributed by atoms with E-state index in [1.54, 1.807) is 4.72 Å². The molecule has 1 aromatic carbocycles. The fourth-order valence-electron chi connectivity index (χ4n) is 1.60. The first-order chi connectivity index (χ1) is 9.58. The van der Waals surface area contributed by atoms with Gasteiger partial charge >= 0.3 is 5.97 Å². The molecule has 0 fully saturated rings. The maximum atomic E-state index is 13.7. The standard InChI is InChI=1S/C11H13FN2O6S/c1-6(2)9(11(15)16)13-21(19,20)10-7(12)4-3-5-8(10)14(17)18/h3-6,9,13H,1-2H3,(H,15,16)/t9-/m0/s1. The summed E-state index contributed by atoms with van der Waals surface area (Å²) in [4.78, 5) is 19.6. The van der Waals surface area contributed by atoms with Crippen molar-refractivity contribution < 1.29 is 27.6 Å². The highest BCUT2D eigenvalue weighted by molar-refractivity contribution is 7.89. The smallest absolute Gasteiger partial charge is 0.322 e. The first-order valence-corrected chi connectivity index (χ1v) is 7.24. The number of sulfonamides is 1. The molecule has 0 saturated heterocycles. The normalized spacial score (nSPS) is 13.1. The molecule has 0 saturated carbocycles. The quantitative estimate of drug-likeness (QED) is 0.597. The Morgan fingerprint density at radius 2 is 2.00 bits per heavy atom. The zero-order valence-electron chi connectivity index (χ0n) is 11.1. The fraction of sp³-hybridized carbons (Fsp3) is 0.364. The Kier molecular flexibility index (Phi) is 4.97. The topological polar surface area (TPSA) is 127 Å². The van der Waals surface area contributed by atoms with Crippen LogP contribution in [0.3, 0.4) is 0 Å². The second-order valence-corrected chi connectivity index (χ2v) is 6.18. The van der Waals surface area contributed by atoms with Gasteiger partial charge in [0.1, 0.15) is 11.9 Å². The summed E-state index contributed by atoms with van der Waals surface area (Å²) >= 11 is 0. The maximum Gasteiger partial charge on any atom is 0.322 e. The molecule has 0 amide bonds. The second kappa shape index (κ2) is 6.14. The molecule has 0 radical (unpaired) electrons. The number of hydrogen-bond donors (Lipinski definition) is 2. The summed E-state index contributed by atoms with van der Waals surface area (Å²) in [7, 11) is -4.70. The van der Waals surface area contributed by atoms with E-state index in [9.17, 15) is 27.7 Å². The van der Waals surface area contributed by atoms with Crippen LogP contribution in [0.2, 0.25) is 0 Å². The number of nitrogens with one attached hydrogen (secondary N) is 1. The number of benzene rings is 1. The van der Waals surface area contributed by atoms with Crippen LogP contribution in [0, 0.1) is 21.8 Å². The van der Waals surface area contributed by atoms with Crippen molar-refractivity contribution in [2.75, 3.05) is 0 Å². The summed E-state index contributed by atoms with van der Waals surface area (Å²) in [6.45, 7) is 2.88. The van der Waals surface area contributed by atoms with E-state index in [0.717, 1.165) is 18.2 Å². The first kappa shape index (κ1) is 17.0. The predicted octanol–water partition coefficient (Wildman–Crippen LogP) is 1.12. The van der Waals surface area contributed by atoms with Crippen LogP contribution >= 0.6 is 0 Å². The SMILES string of the molecule is CC(C)[C@H](NS(=O)(=O)c1c(F)cccc1[N+](=O)[O-])C(=O)O. The summed E-state index contributed by atoms with van der Waals surface area (Å²) in [5.41, 5.74) is -0.963. The highest BCUT2D eigenvalue weighted by Crippen LogP contribution is 2.26. The molecule has 116 valence electrons. The molecule has 0 aromatic heterocycles. The van der Waals surface area contributed by atoms with E-state index in [1.807, 2.05) is 0 Å². The van der Waals surface area contributed by atoms with Crippen molar-refractivity contribution in [1.29, 1.82) is 0 Å². The summed E-state index contributed by atoms with van der Waals surface area (Å²) in [5, 5.41) is 19.8. The minimum absolute atomic E-state index is 0.636. The molecule has 8 nitrogen and oxygen atoms in total. The van der Waals surface area contributed by atoms with Crippen LogP contribution in [0.4, 0.5) is 10.1 Å². The molecule has 0 spiro atoms. The Morgan fingerprint density at radius 1 is 1.43 bits per heavy atom. The van der Waals surface area contributed by atoms with Crippen LogP contribution < -0.4 is 4.72 Å². The van der Waals surface area contributed by atoms with Crippen LogP contribution in [0.15, 0.2) is 23.1 Å². The number of halogens is 1. The monoisotopic (exact) mass is 320 g/mol. The van der Waals surface area contributed by atoms with Gasteiger partial charge < -0.3 is 5.11 Å². The fourth-order valence-corrected chi connectivity index (χ4v) is 3.17. The largest absolute Gasteiger partial charge is 0.480 e. The molecule has 0 aliphatic heterocycles. The Hall–Kier alpha value is -2.07. The zero-order chi connectivity index (χ0) is 16.4. The Bertz CT molecular complexity index is 673. The van der Waals surface area contributed by atoms with E-state index in [0.29, 0.717) is 0 Å². The Morgan fingerprint density at radius 3 is 2.43 bits per heavy atom. The average molecular weight is 320 g/mol. The van der Waals surface area contributed by atoms with Gasteiger partial charge in [0.15, 0.2) is 4.90 Å². The van der Waals surface area contributed by atoms with Gasteiger partial charge in [0.2, 0.25) is 0 Å². The lowest BCUT2D eigenvalue weighted by Gasteiger charge is -2.18. The number of nitro benzene ring substituents is 1. The van der Waals surface area contributed by atoms with Crippen molar-refractivity contribution in [3.05, 3.63) is 34.1 Å². The number of nitrogens with zero attached hydrogens (tertiary/aromatic N) is 1.